The summed E-state index contributed by atoms with van der Waals surface area (Å²) in [5.41, 5.74) is 2.21. The van der Waals surface area contributed by atoms with Crippen molar-refractivity contribution < 1.29 is 9.59 Å². The summed E-state index contributed by atoms with van der Waals surface area (Å²) in [6, 6.07) is 16.3. The highest BCUT2D eigenvalue weighted by molar-refractivity contribution is 6.30. The van der Waals surface area contributed by atoms with Crippen molar-refractivity contribution in [3.05, 3.63) is 59.1 Å². The number of benzene rings is 2. The van der Waals surface area contributed by atoms with Crippen molar-refractivity contribution in [1.82, 2.24) is 4.90 Å². The Kier molecular flexibility index (Phi) is 6.51. The van der Waals surface area contributed by atoms with Crippen LogP contribution in [0.5, 0.6) is 0 Å². The lowest BCUT2D eigenvalue weighted by atomic mass is 10.2. The van der Waals surface area contributed by atoms with Gasteiger partial charge in [-0.15, -0.1) is 0 Å². The fourth-order valence-corrected chi connectivity index (χ4v) is 3.30. The fourth-order valence-electron chi connectivity index (χ4n) is 3.12. The second-order valence-corrected chi connectivity index (χ2v) is 7.02. The van der Waals surface area contributed by atoms with Gasteiger partial charge in [0.15, 0.2) is 0 Å². The molecule has 0 bridgehead atoms. The SMILES string of the molecule is N#Cc1ccc(NC(=O)CCC(=O)N2CCN(c3cccc(Cl)c3)CC2)cc1. The van der Waals surface area contributed by atoms with E-state index in [1.165, 1.54) is 0 Å². The van der Waals surface area contributed by atoms with E-state index in [0.29, 0.717) is 29.4 Å². The molecular formula is C21H21ClN4O2. The van der Waals surface area contributed by atoms with Crippen LogP contribution >= 0.6 is 11.6 Å². The van der Waals surface area contributed by atoms with E-state index in [0.717, 1.165) is 18.8 Å². The van der Waals surface area contributed by atoms with Crippen molar-refractivity contribution >= 4 is 34.8 Å². The van der Waals surface area contributed by atoms with E-state index in [2.05, 4.69) is 10.2 Å². The normalized spacial score (nSPS) is 13.7. The first-order chi connectivity index (χ1) is 13.5. The highest BCUT2D eigenvalue weighted by Crippen LogP contribution is 2.21. The second-order valence-electron chi connectivity index (χ2n) is 6.59. The van der Waals surface area contributed by atoms with Crippen molar-refractivity contribution in [2.45, 2.75) is 12.8 Å². The zero-order chi connectivity index (χ0) is 19.9. The molecule has 1 fully saturated rings. The largest absolute Gasteiger partial charge is 0.368 e. The van der Waals surface area contributed by atoms with Crippen molar-refractivity contribution in [1.29, 1.82) is 5.26 Å². The molecule has 1 aliphatic heterocycles. The maximum Gasteiger partial charge on any atom is 0.224 e. The van der Waals surface area contributed by atoms with Crippen LogP contribution in [0.25, 0.3) is 0 Å². The first-order valence-electron chi connectivity index (χ1n) is 9.13. The first kappa shape index (κ1) is 19.7. The van der Waals surface area contributed by atoms with Crippen LogP contribution in [0.15, 0.2) is 48.5 Å². The number of nitrogens with zero attached hydrogens (tertiary/aromatic N) is 3. The molecule has 3 rings (SSSR count). The Labute approximate surface area is 169 Å². The van der Waals surface area contributed by atoms with Gasteiger partial charge in [0.25, 0.3) is 0 Å². The molecule has 0 atom stereocenters. The van der Waals surface area contributed by atoms with Crippen LogP contribution in [0.2, 0.25) is 5.02 Å². The number of rotatable bonds is 5. The predicted octanol–water partition coefficient (Wildman–Crippen LogP) is 3.28. The molecule has 2 amide bonds. The lowest BCUT2D eigenvalue weighted by Crippen LogP contribution is -2.48. The lowest BCUT2D eigenvalue weighted by Gasteiger charge is -2.36. The van der Waals surface area contributed by atoms with Crippen LogP contribution in [0.1, 0.15) is 18.4 Å². The Morgan fingerprint density at radius 1 is 1.04 bits per heavy atom. The number of carbonyl (C=O) groups excluding carboxylic acids is 2. The molecule has 28 heavy (non-hydrogen) atoms. The summed E-state index contributed by atoms with van der Waals surface area (Å²) < 4.78 is 0. The molecule has 1 aliphatic rings. The van der Waals surface area contributed by atoms with Gasteiger partial charge in [0.05, 0.1) is 11.6 Å². The summed E-state index contributed by atoms with van der Waals surface area (Å²) in [4.78, 5) is 28.5. The molecular weight excluding hydrogens is 376 g/mol. The Balaban J connectivity index is 1.42. The average molecular weight is 397 g/mol. The summed E-state index contributed by atoms with van der Waals surface area (Å²) in [7, 11) is 0. The Bertz CT molecular complexity index is 884. The van der Waals surface area contributed by atoms with Crippen LogP contribution in [0, 0.1) is 11.3 Å². The van der Waals surface area contributed by atoms with E-state index >= 15 is 0 Å². The number of nitrogens with one attached hydrogen (secondary N) is 1. The fraction of sp³-hybridized carbons (Fsp3) is 0.286. The summed E-state index contributed by atoms with van der Waals surface area (Å²) in [5, 5.41) is 12.2. The van der Waals surface area contributed by atoms with Gasteiger partial charge in [0, 0.05) is 55.4 Å². The lowest BCUT2D eigenvalue weighted by molar-refractivity contribution is -0.133. The molecule has 6 nitrogen and oxygen atoms in total. The summed E-state index contributed by atoms with van der Waals surface area (Å²) in [5.74, 6) is -0.226. The number of nitriles is 1. The topological polar surface area (TPSA) is 76.4 Å². The standard InChI is InChI=1S/C21H21ClN4O2/c22-17-2-1-3-19(14-17)25-10-12-26(13-11-25)21(28)9-8-20(27)24-18-6-4-16(15-23)5-7-18/h1-7,14H,8-13H2,(H,24,27). The summed E-state index contributed by atoms with van der Waals surface area (Å²) >= 11 is 6.04. The van der Waals surface area contributed by atoms with E-state index in [-0.39, 0.29) is 24.7 Å². The average Bonchev–Trinajstić information content (AvgIpc) is 2.72. The molecule has 0 aliphatic carbocycles. The van der Waals surface area contributed by atoms with Gasteiger partial charge in [-0.2, -0.15) is 5.26 Å². The number of hydrogen-bond donors (Lipinski definition) is 1. The number of amides is 2. The zero-order valence-corrected chi connectivity index (χ0v) is 16.2. The molecule has 0 spiro atoms. The van der Waals surface area contributed by atoms with E-state index < -0.39 is 0 Å². The third-order valence-corrected chi connectivity index (χ3v) is 4.90. The maximum atomic E-state index is 12.4. The van der Waals surface area contributed by atoms with Gasteiger partial charge in [-0.25, -0.2) is 0 Å². The van der Waals surface area contributed by atoms with Crippen molar-refractivity contribution in [3.8, 4) is 6.07 Å². The number of hydrogen-bond acceptors (Lipinski definition) is 4. The van der Waals surface area contributed by atoms with Crippen molar-refractivity contribution in [2.75, 3.05) is 36.4 Å². The molecule has 7 heteroatoms. The first-order valence-corrected chi connectivity index (χ1v) is 9.51. The van der Waals surface area contributed by atoms with Crippen LogP contribution in [0.3, 0.4) is 0 Å². The highest BCUT2D eigenvalue weighted by Gasteiger charge is 2.21. The third kappa shape index (κ3) is 5.24. The molecule has 0 saturated carbocycles. The van der Waals surface area contributed by atoms with Gasteiger partial charge >= 0.3 is 0 Å². The monoisotopic (exact) mass is 396 g/mol. The van der Waals surface area contributed by atoms with Crippen molar-refractivity contribution in [3.63, 3.8) is 0 Å². The van der Waals surface area contributed by atoms with Gasteiger partial charge in [0.2, 0.25) is 11.8 Å². The molecule has 144 valence electrons. The van der Waals surface area contributed by atoms with Crippen LogP contribution in [0.4, 0.5) is 11.4 Å². The Morgan fingerprint density at radius 3 is 2.39 bits per heavy atom. The molecule has 0 aromatic heterocycles. The van der Waals surface area contributed by atoms with Crippen molar-refractivity contribution in [2.24, 2.45) is 0 Å². The number of anilines is 2. The Morgan fingerprint density at radius 2 is 1.75 bits per heavy atom. The van der Waals surface area contributed by atoms with Crippen LogP contribution in [-0.2, 0) is 9.59 Å². The summed E-state index contributed by atoms with van der Waals surface area (Å²) in [6.45, 7) is 2.73. The van der Waals surface area contributed by atoms with Gasteiger partial charge in [0.1, 0.15) is 0 Å². The van der Waals surface area contributed by atoms with Gasteiger partial charge < -0.3 is 15.1 Å². The number of halogens is 1. The van der Waals surface area contributed by atoms with Gasteiger partial charge in [-0.3, -0.25) is 9.59 Å². The van der Waals surface area contributed by atoms with E-state index in [4.69, 9.17) is 16.9 Å². The van der Waals surface area contributed by atoms with Crippen LogP contribution in [-0.4, -0.2) is 42.9 Å². The molecule has 0 unspecified atom stereocenters. The predicted molar refractivity (Wildman–Crippen MR) is 109 cm³/mol. The maximum absolute atomic E-state index is 12.4. The zero-order valence-electron chi connectivity index (χ0n) is 15.4. The molecule has 1 saturated heterocycles. The quantitative estimate of drug-likeness (QED) is 0.841. The van der Waals surface area contributed by atoms with E-state index in [1.54, 1.807) is 29.2 Å². The minimum atomic E-state index is -0.212. The minimum absolute atomic E-state index is 0.0132. The number of carbonyl (C=O) groups is 2. The molecule has 0 radical (unpaired) electrons. The summed E-state index contributed by atoms with van der Waals surface area (Å²) in [6.07, 6.45) is 0.312. The smallest absolute Gasteiger partial charge is 0.224 e. The number of piperazine rings is 1. The molecule has 1 N–H and O–H groups in total. The molecule has 2 aromatic carbocycles. The van der Waals surface area contributed by atoms with Crippen LogP contribution < -0.4 is 10.2 Å². The third-order valence-electron chi connectivity index (χ3n) is 4.67. The Hall–Kier alpha value is -3.04. The minimum Gasteiger partial charge on any atom is -0.368 e. The van der Waals surface area contributed by atoms with E-state index in [9.17, 15) is 9.59 Å². The molecule has 1 heterocycles. The van der Waals surface area contributed by atoms with Gasteiger partial charge in [-0.1, -0.05) is 17.7 Å². The van der Waals surface area contributed by atoms with Gasteiger partial charge in [-0.05, 0) is 42.5 Å². The molecule has 2 aromatic rings. The highest BCUT2D eigenvalue weighted by atomic mass is 35.5. The second kappa shape index (κ2) is 9.25. The van der Waals surface area contributed by atoms with E-state index in [1.807, 2.05) is 30.3 Å².